The van der Waals surface area contributed by atoms with E-state index in [1.807, 2.05) is 27.8 Å². The van der Waals surface area contributed by atoms with Crippen LogP contribution >= 0.6 is 0 Å². The summed E-state index contributed by atoms with van der Waals surface area (Å²) in [7, 11) is 1.83. The highest BCUT2D eigenvalue weighted by Crippen LogP contribution is 1.95. The van der Waals surface area contributed by atoms with Gasteiger partial charge in [-0.1, -0.05) is 6.92 Å². The Morgan fingerprint density at radius 2 is 2.08 bits per heavy atom. The molecule has 3 nitrogen and oxygen atoms in total. The number of rotatable bonds is 5. The Kier molecular flexibility index (Phi) is 5.72. The third-order valence-corrected chi connectivity index (χ3v) is 1.93. The number of amides is 1. The van der Waals surface area contributed by atoms with E-state index in [1.54, 1.807) is 4.90 Å². The minimum absolute atomic E-state index is 0.214. The highest BCUT2D eigenvalue weighted by Gasteiger charge is 2.10. The number of hydrogen-bond acceptors (Lipinski definition) is 2. The summed E-state index contributed by atoms with van der Waals surface area (Å²) in [4.78, 5) is 13.1. The van der Waals surface area contributed by atoms with Crippen LogP contribution in [-0.2, 0) is 4.79 Å². The molecule has 0 saturated heterocycles. The van der Waals surface area contributed by atoms with Crippen molar-refractivity contribution in [3.63, 3.8) is 0 Å². The first-order chi connectivity index (χ1) is 5.61. The van der Waals surface area contributed by atoms with Crippen LogP contribution in [0.2, 0.25) is 0 Å². The Labute approximate surface area is 75.1 Å². The largest absolute Gasteiger partial charge is 0.346 e. The molecule has 0 bridgehead atoms. The van der Waals surface area contributed by atoms with E-state index in [1.165, 1.54) is 0 Å². The molecule has 0 aromatic heterocycles. The molecule has 0 rings (SSSR count). The first kappa shape index (κ1) is 11.4. The van der Waals surface area contributed by atoms with Crippen molar-refractivity contribution in [2.45, 2.75) is 33.2 Å². The van der Waals surface area contributed by atoms with Gasteiger partial charge < -0.3 is 10.2 Å². The van der Waals surface area contributed by atoms with Crippen LogP contribution in [0, 0.1) is 0 Å². The second-order valence-corrected chi connectivity index (χ2v) is 3.07. The van der Waals surface area contributed by atoms with E-state index in [0.29, 0.717) is 6.42 Å². The Morgan fingerprint density at radius 1 is 1.50 bits per heavy atom. The zero-order valence-corrected chi connectivity index (χ0v) is 8.55. The number of carbonyl (C=O) groups is 1. The third-order valence-electron chi connectivity index (χ3n) is 1.93. The van der Waals surface area contributed by atoms with Gasteiger partial charge in [0.1, 0.15) is 0 Å². The molecule has 0 aliphatic carbocycles. The van der Waals surface area contributed by atoms with Crippen molar-refractivity contribution in [1.82, 2.24) is 10.2 Å². The van der Waals surface area contributed by atoms with Gasteiger partial charge in [0.05, 0.1) is 0 Å². The normalized spacial score (nSPS) is 12.7. The van der Waals surface area contributed by atoms with Crippen molar-refractivity contribution in [2.24, 2.45) is 0 Å². The van der Waals surface area contributed by atoms with Gasteiger partial charge in [-0.25, -0.2) is 0 Å². The predicted molar refractivity (Wildman–Crippen MR) is 51.1 cm³/mol. The van der Waals surface area contributed by atoms with Crippen LogP contribution in [0.4, 0.5) is 0 Å². The summed E-state index contributed by atoms with van der Waals surface area (Å²) in [5.41, 5.74) is 0. The van der Waals surface area contributed by atoms with Gasteiger partial charge in [-0.2, -0.15) is 0 Å². The zero-order chi connectivity index (χ0) is 9.56. The smallest absolute Gasteiger partial charge is 0.223 e. The maximum Gasteiger partial charge on any atom is 0.223 e. The number of carbonyl (C=O) groups excluding carboxylic acids is 1. The average molecular weight is 172 g/mol. The van der Waals surface area contributed by atoms with E-state index in [9.17, 15) is 4.79 Å². The van der Waals surface area contributed by atoms with Gasteiger partial charge >= 0.3 is 0 Å². The van der Waals surface area contributed by atoms with Crippen molar-refractivity contribution in [3.05, 3.63) is 0 Å². The molecule has 0 spiro atoms. The van der Waals surface area contributed by atoms with Crippen LogP contribution in [0.15, 0.2) is 0 Å². The van der Waals surface area contributed by atoms with Crippen LogP contribution in [0.25, 0.3) is 0 Å². The average Bonchev–Trinajstić information content (AvgIpc) is 2.03. The first-order valence-electron chi connectivity index (χ1n) is 4.59. The molecule has 12 heavy (non-hydrogen) atoms. The van der Waals surface area contributed by atoms with Crippen molar-refractivity contribution >= 4 is 5.91 Å². The second kappa shape index (κ2) is 6.00. The van der Waals surface area contributed by atoms with Crippen LogP contribution in [0.1, 0.15) is 27.2 Å². The van der Waals surface area contributed by atoms with E-state index in [0.717, 1.165) is 13.1 Å². The van der Waals surface area contributed by atoms with Gasteiger partial charge in [0, 0.05) is 26.1 Å². The Bertz CT molecular complexity index is 136. The predicted octanol–water partition coefficient (Wildman–Crippen LogP) is 0.853. The number of hydrogen-bond donors (Lipinski definition) is 1. The molecule has 0 fully saturated rings. The van der Waals surface area contributed by atoms with E-state index in [-0.39, 0.29) is 11.9 Å². The molecule has 0 aliphatic heterocycles. The van der Waals surface area contributed by atoms with Gasteiger partial charge in [0.25, 0.3) is 0 Å². The molecule has 72 valence electrons. The lowest BCUT2D eigenvalue weighted by atomic mass is 10.2. The Morgan fingerprint density at radius 3 is 2.50 bits per heavy atom. The fraction of sp³-hybridized carbons (Fsp3) is 0.889. The molecule has 0 saturated carbocycles. The van der Waals surface area contributed by atoms with E-state index < -0.39 is 0 Å². The van der Waals surface area contributed by atoms with Crippen molar-refractivity contribution in [3.8, 4) is 0 Å². The molecule has 1 N–H and O–H groups in total. The van der Waals surface area contributed by atoms with Crippen LogP contribution in [-0.4, -0.2) is 37.0 Å². The van der Waals surface area contributed by atoms with Crippen molar-refractivity contribution < 1.29 is 4.79 Å². The molecule has 1 atom stereocenters. The summed E-state index contributed by atoms with van der Waals surface area (Å²) < 4.78 is 0. The Hall–Kier alpha value is -0.570. The lowest BCUT2D eigenvalue weighted by Crippen LogP contribution is -2.34. The maximum atomic E-state index is 11.3. The van der Waals surface area contributed by atoms with Gasteiger partial charge in [-0.3, -0.25) is 4.79 Å². The highest BCUT2D eigenvalue weighted by atomic mass is 16.2. The molecule has 0 heterocycles. The first-order valence-corrected chi connectivity index (χ1v) is 4.59. The minimum Gasteiger partial charge on any atom is -0.346 e. The molecule has 1 amide bonds. The van der Waals surface area contributed by atoms with Crippen molar-refractivity contribution in [1.29, 1.82) is 0 Å². The SMILES string of the molecule is CCNC(C)CC(=O)N(C)CC. The molecule has 0 radical (unpaired) electrons. The fourth-order valence-electron chi connectivity index (χ4n) is 1.01. The zero-order valence-electron chi connectivity index (χ0n) is 8.55. The summed E-state index contributed by atoms with van der Waals surface area (Å²) in [6.45, 7) is 7.77. The van der Waals surface area contributed by atoms with Crippen LogP contribution < -0.4 is 5.32 Å². The molecule has 0 aromatic carbocycles. The molecular formula is C9H20N2O. The maximum absolute atomic E-state index is 11.3. The summed E-state index contributed by atoms with van der Waals surface area (Å²) in [5.74, 6) is 0.214. The molecule has 0 aliphatic rings. The summed E-state index contributed by atoms with van der Waals surface area (Å²) in [6, 6.07) is 0.288. The van der Waals surface area contributed by atoms with Gasteiger partial charge in [0.2, 0.25) is 5.91 Å². The fourth-order valence-corrected chi connectivity index (χ4v) is 1.01. The number of nitrogens with one attached hydrogen (secondary N) is 1. The topological polar surface area (TPSA) is 32.3 Å². The van der Waals surface area contributed by atoms with Gasteiger partial charge in [-0.05, 0) is 20.4 Å². The lowest BCUT2D eigenvalue weighted by molar-refractivity contribution is -0.130. The third kappa shape index (κ3) is 4.34. The summed E-state index contributed by atoms with van der Waals surface area (Å²) in [5, 5.41) is 3.21. The van der Waals surface area contributed by atoms with Crippen molar-refractivity contribution in [2.75, 3.05) is 20.1 Å². The molecule has 1 unspecified atom stereocenters. The molecule has 3 heteroatoms. The summed E-state index contributed by atoms with van der Waals surface area (Å²) >= 11 is 0. The molecule has 0 aromatic rings. The monoisotopic (exact) mass is 172 g/mol. The number of nitrogens with zero attached hydrogens (tertiary/aromatic N) is 1. The highest BCUT2D eigenvalue weighted by molar-refractivity contribution is 5.76. The van der Waals surface area contributed by atoms with E-state index in [4.69, 9.17) is 0 Å². The van der Waals surface area contributed by atoms with Gasteiger partial charge in [0.15, 0.2) is 0 Å². The second-order valence-electron chi connectivity index (χ2n) is 3.07. The Balaban J connectivity index is 3.67. The van der Waals surface area contributed by atoms with Crippen LogP contribution in [0.5, 0.6) is 0 Å². The van der Waals surface area contributed by atoms with E-state index >= 15 is 0 Å². The molecular weight excluding hydrogens is 152 g/mol. The van der Waals surface area contributed by atoms with Gasteiger partial charge in [-0.15, -0.1) is 0 Å². The summed E-state index contributed by atoms with van der Waals surface area (Å²) in [6.07, 6.45) is 0.595. The lowest BCUT2D eigenvalue weighted by Gasteiger charge is -2.17. The quantitative estimate of drug-likeness (QED) is 0.667. The van der Waals surface area contributed by atoms with E-state index in [2.05, 4.69) is 5.32 Å². The van der Waals surface area contributed by atoms with Crippen LogP contribution in [0.3, 0.4) is 0 Å². The standard InChI is InChI=1S/C9H20N2O/c1-5-10-8(3)7-9(12)11(4)6-2/h8,10H,5-7H2,1-4H3. The minimum atomic E-state index is 0.214.